The molecule has 1 unspecified atom stereocenters. The second-order valence-electron chi connectivity index (χ2n) is 7.97. The molecule has 1 fully saturated rings. The molecule has 0 spiro atoms. The molecule has 0 bridgehead atoms. The molecule has 2 heterocycles. The molecule has 166 valence electrons. The first kappa shape index (κ1) is 21.8. The third-order valence-electron chi connectivity index (χ3n) is 5.85. The molecule has 2 aromatic carbocycles. The molecule has 4 rings (SSSR count). The van der Waals surface area contributed by atoms with Gasteiger partial charge >= 0.3 is 5.97 Å². The summed E-state index contributed by atoms with van der Waals surface area (Å²) in [6.45, 7) is 2.38. The number of ether oxygens (including phenoxy) is 1. The van der Waals surface area contributed by atoms with Gasteiger partial charge in [-0.05, 0) is 49.9 Å². The Bertz CT molecular complexity index is 1160. The van der Waals surface area contributed by atoms with Gasteiger partial charge in [0.25, 0.3) is 5.91 Å². The number of amides is 1. The van der Waals surface area contributed by atoms with E-state index in [0.29, 0.717) is 36.0 Å². The fraction of sp³-hybridized carbons (Fsp3) is 0.333. The number of carbonyl (C=O) groups is 2. The maximum absolute atomic E-state index is 14.4. The number of hydrogen-bond donors (Lipinski definition) is 0. The van der Waals surface area contributed by atoms with Crippen molar-refractivity contribution in [2.45, 2.75) is 26.2 Å². The van der Waals surface area contributed by atoms with Crippen LogP contribution in [-0.4, -0.2) is 46.4 Å². The van der Waals surface area contributed by atoms with Crippen molar-refractivity contribution in [3.63, 3.8) is 0 Å². The monoisotopic (exact) mass is 439 g/mol. The Balaban J connectivity index is 1.68. The number of esters is 1. The van der Waals surface area contributed by atoms with E-state index >= 15 is 0 Å². The van der Waals surface area contributed by atoms with E-state index < -0.39 is 23.0 Å². The van der Waals surface area contributed by atoms with E-state index in [0.717, 1.165) is 12.1 Å². The second kappa shape index (κ2) is 8.98. The van der Waals surface area contributed by atoms with Crippen LogP contribution < -0.4 is 0 Å². The van der Waals surface area contributed by atoms with Gasteiger partial charge in [0, 0.05) is 31.5 Å². The van der Waals surface area contributed by atoms with Crippen LogP contribution in [0.15, 0.2) is 48.8 Å². The fourth-order valence-corrected chi connectivity index (χ4v) is 4.34. The molecule has 1 saturated heterocycles. The number of hydrogen-bond acceptors (Lipinski definition) is 5. The standard InChI is InChI=1S/C24H23F2N3O3/c1-2-32-23(31)24(14-16-7-8-17(25)13-19(16)26)9-4-12-29(15-24)22(30)18-5-3-6-20-21(18)28-11-10-27-20/h3,5-8,10-11,13H,2,4,9,12,14-15H2,1H3. The zero-order valence-corrected chi connectivity index (χ0v) is 17.7. The number of para-hydroxylation sites is 1. The fourth-order valence-electron chi connectivity index (χ4n) is 4.34. The Morgan fingerprint density at radius 3 is 2.75 bits per heavy atom. The van der Waals surface area contributed by atoms with Gasteiger partial charge in [0.2, 0.25) is 0 Å². The number of rotatable bonds is 5. The van der Waals surface area contributed by atoms with Crippen LogP contribution in [0.4, 0.5) is 8.78 Å². The molecule has 0 aliphatic carbocycles. The molecule has 0 N–H and O–H groups in total. The second-order valence-corrected chi connectivity index (χ2v) is 7.97. The van der Waals surface area contributed by atoms with Crippen LogP contribution in [0.3, 0.4) is 0 Å². The van der Waals surface area contributed by atoms with Gasteiger partial charge < -0.3 is 9.64 Å². The molecule has 1 atom stereocenters. The summed E-state index contributed by atoms with van der Waals surface area (Å²) >= 11 is 0. The highest BCUT2D eigenvalue weighted by Crippen LogP contribution is 2.37. The van der Waals surface area contributed by atoms with Crippen LogP contribution in [0.1, 0.15) is 35.7 Å². The lowest BCUT2D eigenvalue weighted by molar-refractivity contribution is -0.158. The van der Waals surface area contributed by atoms with Crippen LogP contribution in [0, 0.1) is 17.0 Å². The number of aromatic nitrogens is 2. The predicted molar refractivity (Wildman–Crippen MR) is 114 cm³/mol. The van der Waals surface area contributed by atoms with Crippen molar-refractivity contribution in [3.05, 3.63) is 71.6 Å². The zero-order chi connectivity index (χ0) is 22.7. The van der Waals surface area contributed by atoms with Gasteiger partial charge in [-0.25, -0.2) is 8.78 Å². The molecule has 1 amide bonds. The van der Waals surface area contributed by atoms with Crippen LogP contribution in [0.2, 0.25) is 0 Å². The molecule has 3 aromatic rings. The Morgan fingerprint density at radius 2 is 1.97 bits per heavy atom. The first-order valence-corrected chi connectivity index (χ1v) is 10.5. The summed E-state index contributed by atoms with van der Waals surface area (Å²) in [5, 5.41) is 0. The lowest BCUT2D eigenvalue weighted by Crippen LogP contribution is -2.51. The Hall–Kier alpha value is -3.42. The third kappa shape index (κ3) is 4.17. The van der Waals surface area contributed by atoms with Gasteiger partial charge in [-0.2, -0.15) is 0 Å². The summed E-state index contributed by atoms with van der Waals surface area (Å²) in [6, 6.07) is 8.50. The average Bonchev–Trinajstić information content (AvgIpc) is 2.80. The predicted octanol–water partition coefficient (Wildman–Crippen LogP) is 3.94. The molecular formula is C24H23F2N3O3. The van der Waals surface area contributed by atoms with E-state index in [1.54, 1.807) is 36.2 Å². The summed E-state index contributed by atoms with van der Waals surface area (Å²) in [4.78, 5) is 36.6. The van der Waals surface area contributed by atoms with E-state index in [1.807, 2.05) is 0 Å². The smallest absolute Gasteiger partial charge is 0.314 e. The number of fused-ring (bicyclic) bond motifs is 1. The molecule has 32 heavy (non-hydrogen) atoms. The molecule has 6 nitrogen and oxygen atoms in total. The van der Waals surface area contributed by atoms with E-state index in [1.165, 1.54) is 12.3 Å². The highest BCUT2D eigenvalue weighted by Gasteiger charge is 2.45. The maximum Gasteiger partial charge on any atom is 0.314 e. The summed E-state index contributed by atoms with van der Waals surface area (Å²) in [6.07, 6.45) is 4.07. The van der Waals surface area contributed by atoms with Crippen molar-refractivity contribution in [2.24, 2.45) is 5.41 Å². The van der Waals surface area contributed by atoms with Crippen LogP contribution in [0.5, 0.6) is 0 Å². The van der Waals surface area contributed by atoms with Gasteiger partial charge in [0.15, 0.2) is 0 Å². The quantitative estimate of drug-likeness (QED) is 0.563. The lowest BCUT2D eigenvalue weighted by atomic mass is 9.74. The summed E-state index contributed by atoms with van der Waals surface area (Å²) in [7, 11) is 0. The summed E-state index contributed by atoms with van der Waals surface area (Å²) < 4.78 is 33.1. The molecule has 1 aromatic heterocycles. The Labute approximate surface area is 184 Å². The normalized spacial score (nSPS) is 18.5. The average molecular weight is 439 g/mol. The number of nitrogens with zero attached hydrogens (tertiary/aromatic N) is 3. The molecular weight excluding hydrogens is 416 g/mol. The van der Waals surface area contributed by atoms with Crippen molar-refractivity contribution >= 4 is 22.9 Å². The van der Waals surface area contributed by atoms with Gasteiger partial charge in [-0.1, -0.05) is 12.1 Å². The van der Waals surface area contributed by atoms with Crippen molar-refractivity contribution < 1.29 is 23.1 Å². The zero-order valence-electron chi connectivity index (χ0n) is 17.7. The van der Waals surface area contributed by atoms with Gasteiger partial charge in [0.05, 0.1) is 23.1 Å². The summed E-state index contributed by atoms with van der Waals surface area (Å²) in [5.41, 5.74) is 0.559. The van der Waals surface area contributed by atoms with E-state index in [4.69, 9.17) is 4.74 Å². The first-order valence-electron chi connectivity index (χ1n) is 10.5. The van der Waals surface area contributed by atoms with Gasteiger partial charge in [0.1, 0.15) is 17.2 Å². The number of likely N-dealkylation sites (tertiary alicyclic amines) is 1. The Kier molecular flexibility index (Phi) is 6.12. The van der Waals surface area contributed by atoms with Gasteiger partial charge in [-0.15, -0.1) is 0 Å². The first-order chi connectivity index (χ1) is 15.4. The Morgan fingerprint density at radius 1 is 1.16 bits per heavy atom. The molecule has 1 aliphatic rings. The minimum atomic E-state index is -1.13. The van der Waals surface area contributed by atoms with Crippen molar-refractivity contribution in [1.82, 2.24) is 14.9 Å². The van der Waals surface area contributed by atoms with Crippen LogP contribution in [-0.2, 0) is 16.0 Å². The van der Waals surface area contributed by atoms with Crippen molar-refractivity contribution in [1.29, 1.82) is 0 Å². The third-order valence-corrected chi connectivity index (χ3v) is 5.85. The molecule has 0 radical (unpaired) electrons. The lowest BCUT2D eigenvalue weighted by Gasteiger charge is -2.41. The minimum absolute atomic E-state index is 0.0110. The number of piperidine rings is 1. The topological polar surface area (TPSA) is 72.4 Å². The van der Waals surface area contributed by atoms with Crippen LogP contribution in [0.25, 0.3) is 11.0 Å². The van der Waals surface area contributed by atoms with Gasteiger partial charge in [-0.3, -0.25) is 19.6 Å². The molecule has 0 saturated carbocycles. The van der Waals surface area contributed by atoms with Crippen molar-refractivity contribution in [3.8, 4) is 0 Å². The highest BCUT2D eigenvalue weighted by atomic mass is 19.1. The SMILES string of the molecule is CCOC(=O)C1(Cc2ccc(F)cc2F)CCCN(C(=O)c2cccc3nccnc23)C1. The number of halogens is 2. The largest absolute Gasteiger partial charge is 0.466 e. The highest BCUT2D eigenvalue weighted by molar-refractivity contribution is 6.04. The summed E-state index contributed by atoms with van der Waals surface area (Å²) in [5.74, 6) is -2.17. The molecule has 8 heteroatoms. The van der Waals surface area contributed by atoms with Crippen molar-refractivity contribution in [2.75, 3.05) is 19.7 Å². The van der Waals surface area contributed by atoms with E-state index in [9.17, 15) is 18.4 Å². The minimum Gasteiger partial charge on any atom is -0.466 e. The van der Waals surface area contributed by atoms with Crippen LogP contribution >= 0.6 is 0 Å². The molecule has 1 aliphatic heterocycles. The van der Waals surface area contributed by atoms with E-state index in [-0.39, 0.29) is 31.0 Å². The number of carbonyl (C=O) groups excluding carboxylic acids is 2. The number of benzene rings is 2. The van der Waals surface area contributed by atoms with E-state index in [2.05, 4.69) is 9.97 Å². The maximum atomic E-state index is 14.4.